The summed E-state index contributed by atoms with van der Waals surface area (Å²) in [7, 11) is 0. The highest BCUT2D eigenvalue weighted by Gasteiger charge is 2.24. The van der Waals surface area contributed by atoms with Crippen LogP contribution in [-0.4, -0.2) is 17.5 Å². The Labute approximate surface area is 168 Å². The summed E-state index contributed by atoms with van der Waals surface area (Å²) in [6.07, 6.45) is 2.97. The number of hydrogen-bond acceptors (Lipinski definition) is 5. The molecule has 0 aliphatic heterocycles. The van der Waals surface area contributed by atoms with Gasteiger partial charge in [0.25, 0.3) is 5.91 Å². The number of amides is 1. The number of pyridine rings is 1. The largest absolute Gasteiger partial charge is 0.481 e. The lowest BCUT2D eigenvalue weighted by atomic mass is 9.89. The number of benzene rings is 1. The number of anilines is 1. The molecule has 28 heavy (non-hydrogen) atoms. The van der Waals surface area contributed by atoms with Gasteiger partial charge in [0.15, 0.2) is 6.61 Å². The molecule has 0 spiro atoms. The van der Waals surface area contributed by atoms with Crippen LogP contribution in [0.4, 0.5) is 5.00 Å². The van der Waals surface area contributed by atoms with E-state index in [1.54, 1.807) is 0 Å². The average molecular weight is 391 g/mol. The maximum Gasteiger partial charge on any atom is 0.262 e. The third-order valence-electron chi connectivity index (χ3n) is 5.06. The first-order valence-electron chi connectivity index (χ1n) is 9.39. The molecule has 0 radical (unpaired) electrons. The zero-order chi connectivity index (χ0) is 19.7. The highest BCUT2D eigenvalue weighted by molar-refractivity contribution is 7.16. The van der Waals surface area contributed by atoms with Gasteiger partial charge in [-0.25, -0.2) is 4.98 Å². The zero-order valence-corrected chi connectivity index (χ0v) is 16.7. The Morgan fingerprint density at radius 3 is 3.07 bits per heavy atom. The molecule has 2 heterocycles. The molecule has 1 aromatic carbocycles. The molecular formula is C22H21N3O2S. The predicted molar refractivity (Wildman–Crippen MR) is 111 cm³/mol. The van der Waals surface area contributed by atoms with E-state index < -0.39 is 0 Å². The minimum Gasteiger partial charge on any atom is -0.481 e. The SMILES string of the molecule is Cc1ccc2cccc(OCC(=O)Nc3sc4c(c3C#N)CC[C@@H](C)C4)c2n1. The molecule has 1 aliphatic rings. The van der Waals surface area contributed by atoms with Crippen LogP contribution < -0.4 is 10.1 Å². The minimum absolute atomic E-state index is 0.126. The fourth-order valence-electron chi connectivity index (χ4n) is 3.60. The lowest BCUT2D eigenvalue weighted by molar-refractivity contribution is -0.118. The van der Waals surface area contributed by atoms with Gasteiger partial charge in [-0.05, 0) is 49.8 Å². The topological polar surface area (TPSA) is 75.0 Å². The fraction of sp³-hybridized carbons (Fsp3) is 0.318. The number of rotatable bonds is 4. The Kier molecular flexibility index (Phi) is 5.01. The fourth-order valence-corrected chi connectivity index (χ4v) is 4.97. The molecular weight excluding hydrogens is 370 g/mol. The lowest BCUT2D eigenvalue weighted by Gasteiger charge is -2.17. The molecule has 4 rings (SSSR count). The molecule has 3 aromatic rings. The maximum absolute atomic E-state index is 12.5. The van der Waals surface area contributed by atoms with Crippen LogP contribution in [0.15, 0.2) is 30.3 Å². The molecule has 1 atom stereocenters. The first-order valence-corrected chi connectivity index (χ1v) is 10.2. The molecule has 5 nitrogen and oxygen atoms in total. The van der Waals surface area contributed by atoms with E-state index >= 15 is 0 Å². The normalized spacial score (nSPS) is 15.7. The van der Waals surface area contributed by atoms with Crippen LogP contribution in [0.25, 0.3) is 10.9 Å². The van der Waals surface area contributed by atoms with Gasteiger partial charge in [0.2, 0.25) is 0 Å². The van der Waals surface area contributed by atoms with E-state index in [2.05, 4.69) is 23.3 Å². The number of aryl methyl sites for hydroxylation is 1. The van der Waals surface area contributed by atoms with Crippen molar-refractivity contribution in [1.82, 2.24) is 4.98 Å². The third kappa shape index (κ3) is 3.58. The van der Waals surface area contributed by atoms with Gasteiger partial charge in [-0.15, -0.1) is 11.3 Å². The Morgan fingerprint density at radius 2 is 2.25 bits per heavy atom. The number of nitrogens with one attached hydrogen (secondary N) is 1. The van der Waals surface area contributed by atoms with Crippen molar-refractivity contribution >= 4 is 33.1 Å². The lowest BCUT2D eigenvalue weighted by Crippen LogP contribution is -2.20. The number of thiophene rings is 1. The molecule has 0 bridgehead atoms. The van der Waals surface area contributed by atoms with Crippen LogP contribution in [0.1, 0.15) is 35.0 Å². The highest BCUT2D eigenvalue weighted by Crippen LogP contribution is 2.39. The summed E-state index contributed by atoms with van der Waals surface area (Å²) >= 11 is 1.52. The Hall–Kier alpha value is -2.91. The molecule has 142 valence electrons. The second kappa shape index (κ2) is 7.61. The Bertz CT molecular complexity index is 1100. The van der Waals surface area contributed by atoms with Gasteiger partial charge in [-0.2, -0.15) is 5.26 Å². The van der Waals surface area contributed by atoms with Crippen molar-refractivity contribution in [3.63, 3.8) is 0 Å². The van der Waals surface area contributed by atoms with E-state index in [0.717, 1.165) is 41.4 Å². The van der Waals surface area contributed by atoms with Crippen LogP contribution in [0.2, 0.25) is 0 Å². The number of carbonyl (C=O) groups is 1. The van der Waals surface area contributed by atoms with Crippen molar-refractivity contribution in [3.8, 4) is 11.8 Å². The summed E-state index contributed by atoms with van der Waals surface area (Å²) in [5, 5.41) is 14.0. The first-order chi connectivity index (χ1) is 13.5. The molecule has 0 fully saturated rings. The second-order valence-corrected chi connectivity index (χ2v) is 8.39. The molecule has 0 unspecified atom stereocenters. The maximum atomic E-state index is 12.5. The number of aromatic nitrogens is 1. The van der Waals surface area contributed by atoms with Gasteiger partial charge >= 0.3 is 0 Å². The van der Waals surface area contributed by atoms with Crippen molar-refractivity contribution in [2.75, 3.05) is 11.9 Å². The number of nitriles is 1. The number of para-hydroxylation sites is 1. The summed E-state index contributed by atoms with van der Waals surface area (Å²) in [5.74, 6) is 0.927. The van der Waals surface area contributed by atoms with Crippen molar-refractivity contribution in [1.29, 1.82) is 5.26 Å². The van der Waals surface area contributed by atoms with Crippen LogP contribution in [0.3, 0.4) is 0 Å². The van der Waals surface area contributed by atoms with Gasteiger partial charge in [-0.1, -0.05) is 25.1 Å². The van der Waals surface area contributed by atoms with Gasteiger partial charge in [-0.3, -0.25) is 4.79 Å². The van der Waals surface area contributed by atoms with Crippen molar-refractivity contribution in [2.45, 2.75) is 33.1 Å². The van der Waals surface area contributed by atoms with Crippen molar-refractivity contribution in [2.24, 2.45) is 5.92 Å². The standard InChI is InChI=1S/C22H21N3O2S/c1-13-6-9-16-17(11-23)22(28-19(16)10-13)25-20(26)12-27-18-5-3-4-15-8-7-14(2)24-21(15)18/h3-5,7-8,13H,6,9-10,12H2,1-2H3,(H,25,26)/t13-/m1/s1. The predicted octanol–water partition coefficient (Wildman–Crippen LogP) is 4.62. The highest BCUT2D eigenvalue weighted by atomic mass is 32.1. The van der Waals surface area contributed by atoms with Crippen molar-refractivity contribution in [3.05, 3.63) is 52.0 Å². The Balaban J connectivity index is 1.49. The molecule has 1 amide bonds. The quantitative estimate of drug-likeness (QED) is 0.704. The van der Waals surface area contributed by atoms with E-state index in [4.69, 9.17) is 4.74 Å². The van der Waals surface area contributed by atoms with E-state index in [1.165, 1.54) is 16.2 Å². The van der Waals surface area contributed by atoms with E-state index in [0.29, 0.717) is 22.2 Å². The smallest absolute Gasteiger partial charge is 0.262 e. The third-order valence-corrected chi connectivity index (χ3v) is 6.23. The van der Waals surface area contributed by atoms with Crippen LogP contribution in [-0.2, 0) is 17.6 Å². The van der Waals surface area contributed by atoms with Crippen LogP contribution in [0.5, 0.6) is 5.75 Å². The number of nitrogens with zero attached hydrogens (tertiary/aromatic N) is 2. The van der Waals surface area contributed by atoms with Crippen molar-refractivity contribution < 1.29 is 9.53 Å². The summed E-state index contributed by atoms with van der Waals surface area (Å²) in [4.78, 5) is 18.2. The average Bonchev–Trinajstić information content (AvgIpc) is 3.02. The number of ether oxygens (including phenoxy) is 1. The summed E-state index contributed by atoms with van der Waals surface area (Å²) in [6.45, 7) is 4.02. The molecule has 6 heteroatoms. The van der Waals surface area contributed by atoms with Gasteiger partial charge in [0.05, 0.1) is 5.56 Å². The number of hydrogen-bond donors (Lipinski definition) is 1. The molecule has 0 saturated heterocycles. The first kappa shape index (κ1) is 18.5. The molecule has 1 N–H and O–H groups in total. The molecule has 1 aliphatic carbocycles. The monoisotopic (exact) mass is 391 g/mol. The number of fused-ring (bicyclic) bond motifs is 2. The van der Waals surface area contributed by atoms with Gasteiger partial charge in [0, 0.05) is 16.0 Å². The molecule has 2 aromatic heterocycles. The van der Waals surface area contributed by atoms with Gasteiger partial charge in [0.1, 0.15) is 22.3 Å². The summed E-state index contributed by atoms with van der Waals surface area (Å²) < 4.78 is 5.75. The summed E-state index contributed by atoms with van der Waals surface area (Å²) in [5.41, 5.74) is 3.36. The minimum atomic E-state index is -0.271. The number of carbonyl (C=O) groups excluding carboxylic acids is 1. The van der Waals surface area contributed by atoms with E-state index in [9.17, 15) is 10.1 Å². The second-order valence-electron chi connectivity index (χ2n) is 7.29. The van der Waals surface area contributed by atoms with Crippen LogP contribution >= 0.6 is 11.3 Å². The Morgan fingerprint density at radius 1 is 1.39 bits per heavy atom. The van der Waals surface area contributed by atoms with E-state index in [-0.39, 0.29) is 12.5 Å². The van der Waals surface area contributed by atoms with Gasteiger partial charge < -0.3 is 10.1 Å². The van der Waals surface area contributed by atoms with Crippen LogP contribution in [0, 0.1) is 24.2 Å². The zero-order valence-electron chi connectivity index (χ0n) is 15.9. The summed E-state index contributed by atoms with van der Waals surface area (Å²) in [6, 6.07) is 11.9. The molecule has 0 saturated carbocycles. The van der Waals surface area contributed by atoms with E-state index in [1.807, 2.05) is 37.3 Å².